The lowest BCUT2D eigenvalue weighted by Crippen LogP contribution is -2.26. The number of hydrogen-bond donors (Lipinski definition) is 2. The molecule has 0 aliphatic carbocycles. The number of rotatable bonds is 3. The predicted molar refractivity (Wildman–Crippen MR) is 48.2 cm³/mol. The maximum absolute atomic E-state index is 13.2. The first-order valence-electron chi connectivity index (χ1n) is 4.12. The number of benzene rings is 1. The summed E-state index contributed by atoms with van der Waals surface area (Å²) in [7, 11) is 0. The van der Waals surface area contributed by atoms with Crippen LogP contribution in [0.2, 0.25) is 0 Å². The van der Waals surface area contributed by atoms with E-state index in [1.165, 1.54) is 25.1 Å². The second-order valence-electron chi connectivity index (χ2n) is 3.32. The minimum Gasteiger partial charge on any atom is -0.481 e. The highest BCUT2D eigenvalue weighted by atomic mass is 19.1. The molecule has 0 aromatic heterocycles. The van der Waals surface area contributed by atoms with Crippen LogP contribution in [0.25, 0.3) is 0 Å². The van der Waals surface area contributed by atoms with Crippen molar-refractivity contribution >= 4 is 5.97 Å². The summed E-state index contributed by atoms with van der Waals surface area (Å²) in [5, 5.41) is 18.2. The summed E-state index contributed by atoms with van der Waals surface area (Å²) in [6.07, 6.45) is -0.520. The van der Waals surface area contributed by atoms with Crippen LogP contribution in [0.5, 0.6) is 0 Å². The average molecular weight is 198 g/mol. The summed E-state index contributed by atoms with van der Waals surface area (Å²) < 4.78 is 13.2. The molecule has 1 rings (SSSR count). The molecule has 0 aliphatic rings. The van der Waals surface area contributed by atoms with E-state index in [0.717, 1.165) is 0 Å². The monoisotopic (exact) mass is 198 g/mol. The van der Waals surface area contributed by atoms with E-state index in [2.05, 4.69) is 0 Å². The van der Waals surface area contributed by atoms with Crippen LogP contribution in [-0.2, 0) is 10.4 Å². The van der Waals surface area contributed by atoms with Gasteiger partial charge in [0.1, 0.15) is 11.4 Å². The molecule has 0 spiro atoms. The molecule has 76 valence electrons. The largest absolute Gasteiger partial charge is 0.481 e. The van der Waals surface area contributed by atoms with Gasteiger partial charge in [-0.25, -0.2) is 4.39 Å². The summed E-state index contributed by atoms with van der Waals surface area (Å²) in [5.41, 5.74) is -1.67. The molecule has 0 radical (unpaired) electrons. The molecule has 1 aromatic carbocycles. The number of aliphatic hydroxyl groups is 1. The van der Waals surface area contributed by atoms with Gasteiger partial charge in [0.25, 0.3) is 0 Å². The Morgan fingerprint density at radius 1 is 1.50 bits per heavy atom. The molecule has 0 aliphatic heterocycles. The highest BCUT2D eigenvalue weighted by Crippen LogP contribution is 2.26. The number of carbonyl (C=O) groups is 1. The first kappa shape index (κ1) is 10.7. The van der Waals surface area contributed by atoms with Crippen LogP contribution in [0.15, 0.2) is 24.3 Å². The Labute approximate surface area is 80.8 Å². The number of halogens is 1. The Bertz CT molecular complexity index is 347. The molecule has 0 bridgehead atoms. The number of carboxylic acids is 1. The molecule has 0 amide bonds. The summed E-state index contributed by atoms with van der Waals surface area (Å²) in [6, 6.07) is 5.59. The first-order valence-corrected chi connectivity index (χ1v) is 4.12. The van der Waals surface area contributed by atoms with Gasteiger partial charge in [-0.2, -0.15) is 0 Å². The van der Waals surface area contributed by atoms with E-state index >= 15 is 0 Å². The zero-order valence-corrected chi connectivity index (χ0v) is 7.70. The van der Waals surface area contributed by atoms with E-state index in [-0.39, 0.29) is 5.56 Å². The SMILES string of the molecule is CC(O)(CC(=O)O)c1ccccc1F. The van der Waals surface area contributed by atoms with Crippen molar-refractivity contribution in [1.82, 2.24) is 0 Å². The molecule has 0 heterocycles. The third kappa shape index (κ3) is 2.29. The van der Waals surface area contributed by atoms with Crippen molar-refractivity contribution in [2.45, 2.75) is 18.9 Å². The van der Waals surface area contributed by atoms with Crippen molar-refractivity contribution in [3.63, 3.8) is 0 Å². The maximum atomic E-state index is 13.2. The lowest BCUT2D eigenvalue weighted by molar-refractivity contribution is -0.142. The van der Waals surface area contributed by atoms with Crippen LogP contribution in [-0.4, -0.2) is 16.2 Å². The summed E-state index contributed by atoms with van der Waals surface area (Å²) in [6.45, 7) is 1.28. The van der Waals surface area contributed by atoms with Crippen LogP contribution in [0.3, 0.4) is 0 Å². The van der Waals surface area contributed by atoms with Crippen molar-refractivity contribution in [2.75, 3.05) is 0 Å². The smallest absolute Gasteiger partial charge is 0.306 e. The second kappa shape index (κ2) is 3.75. The van der Waals surface area contributed by atoms with E-state index in [9.17, 15) is 14.3 Å². The molecule has 14 heavy (non-hydrogen) atoms. The molecule has 1 unspecified atom stereocenters. The van der Waals surface area contributed by atoms with Gasteiger partial charge in [-0.3, -0.25) is 4.79 Å². The number of carboxylic acid groups (broad SMARTS) is 1. The normalized spacial score (nSPS) is 14.8. The highest BCUT2D eigenvalue weighted by Gasteiger charge is 2.28. The fraction of sp³-hybridized carbons (Fsp3) is 0.300. The zero-order chi connectivity index (χ0) is 10.8. The van der Waals surface area contributed by atoms with Gasteiger partial charge in [0.05, 0.1) is 6.42 Å². The molecule has 1 aromatic rings. The molecule has 0 saturated heterocycles. The van der Waals surface area contributed by atoms with Crippen LogP contribution in [0, 0.1) is 5.82 Å². The minimum absolute atomic E-state index is 0.00222. The molecule has 4 heteroatoms. The van der Waals surface area contributed by atoms with E-state index in [1.807, 2.05) is 0 Å². The van der Waals surface area contributed by atoms with Gasteiger partial charge < -0.3 is 10.2 Å². The number of aliphatic carboxylic acids is 1. The van der Waals surface area contributed by atoms with Crippen LogP contribution < -0.4 is 0 Å². The van der Waals surface area contributed by atoms with Gasteiger partial charge in [0, 0.05) is 5.56 Å². The van der Waals surface area contributed by atoms with Crippen molar-refractivity contribution in [3.8, 4) is 0 Å². The van der Waals surface area contributed by atoms with Crippen molar-refractivity contribution in [2.24, 2.45) is 0 Å². The lowest BCUT2D eigenvalue weighted by atomic mass is 9.92. The Hall–Kier alpha value is -1.42. The highest BCUT2D eigenvalue weighted by molar-refractivity contribution is 5.68. The third-order valence-corrected chi connectivity index (χ3v) is 1.95. The van der Waals surface area contributed by atoms with Gasteiger partial charge in [0.2, 0.25) is 0 Å². The Morgan fingerprint density at radius 2 is 2.07 bits per heavy atom. The molecular weight excluding hydrogens is 187 g/mol. The van der Waals surface area contributed by atoms with E-state index in [1.54, 1.807) is 6.07 Å². The van der Waals surface area contributed by atoms with Crippen molar-refractivity contribution in [1.29, 1.82) is 0 Å². The van der Waals surface area contributed by atoms with Gasteiger partial charge in [-0.15, -0.1) is 0 Å². The topological polar surface area (TPSA) is 57.5 Å². The predicted octanol–water partition coefficient (Wildman–Crippen LogP) is 1.51. The molecule has 0 saturated carbocycles. The molecule has 0 fully saturated rings. The Kier molecular flexibility index (Phi) is 2.86. The summed E-state index contributed by atoms with van der Waals surface area (Å²) in [5.74, 6) is -1.77. The molecule has 3 nitrogen and oxygen atoms in total. The Balaban J connectivity index is 3.03. The molecular formula is C10H11FO3. The van der Waals surface area contributed by atoms with Gasteiger partial charge in [0.15, 0.2) is 0 Å². The molecule has 1 atom stereocenters. The van der Waals surface area contributed by atoms with Crippen LogP contribution >= 0.6 is 0 Å². The standard InChI is InChI=1S/C10H11FO3/c1-10(14,6-9(12)13)7-4-2-3-5-8(7)11/h2-5,14H,6H2,1H3,(H,12,13). The molecule has 2 N–H and O–H groups in total. The second-order valence-corrected chi connectivity index (χ2v) is 3.32. The van der Waals surface area contributed by atoms with Crippen molar-refractivity contribution in [3.05, 3.63) is 35.6 Å². The minimum atomic E-state index is -1.67. The average Bonchev–Trinajstić information content (AvgIpc) is 2.02. The first-order chi connectivity index (χ1) is 6.43. The van der Waals surface area contributed by atoms with Crippen LogP contribution in [0.1, 0.15) is 18.9 Å². The number of hydrogen-bond acceptors (Lipinski definition) is 2. The Morgan fingerprint density at radius 3 is 2.57 bits per heavy atom. The van der Waals surface area contributed by atoms with Gasteiger partial charge in [-0.05, 0) is 13.0 Å². The van der Waals surface area contributed by atoms with E-state index in [0.29, 0.717) is 0 Å². The fourth-order valence-corrected chi connectivity index (χ4v) is 1.29. The third-order valence-electron chi connectivity index (χ3n) is 1.95. The fourth-order valence-electron chi connectivity index (χ4n) is 1.29. The summed E-state index contributed by atoms with van der Waals surface area (Å²) in [4.78, 5) is 10.4. The van der Waals surface area contributed by atoms with Crippen molar-refractivity contribution < 1.29 is 19.4 Å². The van der Waals surface area contributed by atoms with E-state index < -0.39 is 23.8 Å². The van der Waals surface area contributed by atoms with Gasteiger partial charge >= 0.3 is 5.97 Å². The van der Waals surface area contributed by atoms with E-state index in [4.69, 9.17) is 5.11 Å². The lowest BCUT2D eigenvalue weighted by Gasteiger charge is -2.21. The van der Waals surface area contributed by atoms with Gasteiger partial charge in [-0.1, -0.05) is 18.2 Å². The quantitative estimate of drug-likeness (QED) is 0.773. The summed E-state index contributed by atoms with van der Waals surface area (Å²) >= 11 is 0. The maximum Gasteiger partial charge on any atom is 0.306 e. The van der Waals surface area contributed by atoms with Crippen LogP contribution in [0.4, 0.5) is 4.39 Å². The zero-order valence-electron chi connectivity index (χ0n) is 7.70.